The van der Waals surface area contributed by atoms with Crippen LogP contribution in [0.5, 0.6) is 0 Å². The summed E-state index contributed by atoms with van der Waals surface area (Å²) in [7, 11) is 0. The van der Waals surface area contributed by atoms with Crippen LogP contribution in [0.2, 0.25) is 5.02 Å². The highest BCUT2D eigenvalue weighted by molar-refractivity contribution is 6.31. The zero-order valence-electron chi connectivity index (χ0n) is 9.06. The van der Waals surface area contributed by atoms with E-state index in [4.69, 9.17) is 11.6 Å². The van der Waals surface area contributed by atoms with Crippen molar-refractivity contribution in [3.05, 3.63) is 34.4 Å². The monoisotopic (exact) mass is 245 g/mol. The summed E-state index contributed by atoms with van der Waals surface area (Å²) in [5.41, 5.74) is 0.671. The van der Waals surface area contributed by atoms with Gasteiger partial charge in [-0.2, -0.15) is 0 Å². The molecule has 0 amide bonds. The maximum absolute atomic E-state index is 13.2. The Labute approximate surface area is 98.8 Å². The summed E-state index contributed by atoms with van der Waals surface area (Å²) >= 11 is 5.96. The molecule has 1 aromatic carbocycles. The Balaban J connectivity index is 2.32. The summed E-state index contributed by atoms with van der Waals surface area (Å²) in [6, 6.07) is 2.31. The summed E-state index contributed by atoms with van der Waals surface area (Å²) in [6.45, 7) is 2.78. The first-order valence-electron chi connectivity index (χ1n) is 5.51. The minimum Gasteiger partial charge on any atom is -0.310 e. The van der Waals surface area contributed by atoms with Crippen molar-refractivity contribution in [2.75, 3.05) is 6.54 Å². The van der Waals surface area contributed by atoms with Crippen molar-refractivity contribution in [3.8, 4) is 0 Å². The lowest BCUT2D eigenvalue weighted by atomic mass is 10.0. The van der Waals surface area contributed by atoms with Crippen molar-refractivity contribution in [2.45, 2.75) is 25.8 Å². The summed E-state index contributed by atoms with van der Waals surface area (Å²) < 4.78 is 26.1. The molecule has 1 saturated carbocycles. The average molecular weight is 246 g/mol. The van der Waals surface area contributed by atoms with E-state index in [-0.39, 0.29) is 6.04 Å². The molecule has 4 heteroatoms. The highest BCUT2D eigenvalue weighted by Gasteiger charge is 2.33. The van der Waals surface area contributed by atoms with E-state index in [1.165, 1.54) is 6.07 Å². The number of hydrogen-bond donors (Lipinski definition) is 1. The van der Waals surface area contributed by atoms with Gasteiger partial charge in [0.1, 0.15) is 0 Å². The molecule has 16 heavy (non-hydrogen) atoms. The third-order valence-electron chi connectivity index (χ3n) is 2.89. The molecule has 1 aromatic rings. The molecule has 0 aromatic heterocycles. The van der Waals surface area contributed by atoms with Crippen LogP contribution in [0.4, 0.5) is 8.78 Å². The Bertz CT molecular complexity index is 391. The number of benzene rings is 1. The number of halogens is 3. The van der Waals surface area contributed by atoms with E-state index < -0.39 is 11.6 Å². The first-order valence-corrected chi connectivity index (χ1v) is 5.89. The molecule has 1 unspecified atom stereocenters. The lowest BCUT2D eigenvalue weighted by Gasteiger charge is -2.19. The first-order chi connectivity index (χ1) is 7.63. The Morgan fingerprint density at radius 1 is 1.38 bits per heavy atom. The molecule has 1 fully saturated rings. The predicted molar refractivity (Wildman–Crippen MR) is 60.5 cm³/mol. The third kappa shape index (κ3) is 2.36. The normalized spacial score (nSPS) is 17.5. The maximum atomic E-state index is 13.2. The molecule has 0 spiro atoms. The van der Waals surface area contributed by atoms with Crippen LogP contribution in [0.25, 0.3) is 0 Å². The fraction of sp³-hybridized carbons (Fsp3) is 0.500. The van der Waals surface area contributed by atoms with Gasteiger partial charge in [-0.3, -0.25) is 0 Å². The van der Waals surface area contributed by atoms with Crippen LogP contribution in [0.3, 0.4) is 0 Å². The number of rotatable bonds is 4. The zero-order chi connectivity index (χ0) is 11.7. The van der Waals surface area contributed by atoms with Crippen molar-refractivity contribution in [1.82, 2.24) is 5.32 Å². The van der Waals surface area contributed by atoms with Crippen LogP contribution in [-0.2, 0) is 0 Å². The quantitative estimate of drug-likeness (QED) is 0.798. The Morgan fingerprint density at radius 3 is 2.56 bits per heavy atom. The van der Waals surface area contributed by atoms with Gasteiger partial charge in [0.2, 0.25) is 0 Å². The van der Waals surface area contributed by atoms with Crippen molar-refractivity contribution < 1.29 is 8.78 Å². The fourth-order valence-corrected chi connectivity index (χ4v) is 2.22. The number of hydrogen-bond acceptors (Lipinski definition) is 1. The number of nitrogens with one attached hydrogen (secondary N) is 1. The molecular weight excluding hydrogens is 232 g/mol. The van der Waals surface area contributed by atoms with Crippen LogP contribution in [0.1, 0.15) is 31.4 Å². The molecule has 0 aliphatic heterocycles. The second-order valence-corrected chi connectivity index (χ2v) is 4.57. The topological polar surface area (TPSA) is 12.0 Å². The standard InChI is InChI=1S/C12H14ClF2N/c1-2-16-12(7-3-4-7)8-5-10(14)11(15)6-9(8)13/h5-7,12,16H,2-4H2,1H3. The van der Waals surface area contributed by atoms with Gasteiger partial charge < -0.3 is 5.32 Å². The third-order valence-corrected chi connectivity index (χ3v) is 3.22. The summed E-state index contributed by atoms with van der Waals surface area (Å²) in [5, 5.41) is 3.58. The molecule has 1 N–H and O–H groups in total. The van der Waals surface area contributed by atoms with Gasteiger partial charge in [-0.25, -0.2) is 8.78 Å². The molecule has 0 bridgehead atoms. The van der Waals surface area contributed by atoms with Crippen molar-refractivity contribution in [1.29, 1.82) is 0 Å². The highest BCUT2D eigenvalue weighted by atomic mass is 35.5. The van der Waals surface area contributed by atoms with Gasteiger partial charge in [0.15, 0.2) is 11.6 Å². The largest absolute Gasteiger partial charge is 0.310 e. The van der Waals surface area contributed by atoms with E-state index in [0.717, 1.165) is 25.5 Å². The molecule has 88 valence electrons. The van der Waals surface area contributed by atoms with Gasteiger partial charge in [0.25, 0.3) is 0 Å². The summed E-state index contributed by atoms with van der Waals surface area (Å²) in [5.74, 6) is -1.22. The van der Waals surface area contributed by atoms with Gasteiger partial charge in [-0.15, -0.1) is 0 Å². The van der Waals surface area contributed by atoms with Crippen molar-refractivity contribution in [2.24, 2.45) is 5.92 Å². The molecule has 1 atom stereocenters. The van der Waals surface area contributed by atoms with E-state index >= 15 is 0 Å². The first kappa shape index (κ1) is 11.8. The molecule has 1 aliphatic carbocycles. The van der Waals surface area contributed by atoms with Gasteiger partial charge >= 0.3 is 0 Å². The van der Waals surface area contributed by atoms with Crippen molar-refractivity contribution >= 4 is 11.6 Å². The van der Waals surface area contributed by atoms with Gasteiger partial charge in [0, 0.05) is 11.1 Å². The second kappa shape index (κ2) is 4.68. The van der Waals surface area contributed by atoms with Gasteiger partial charge in [-0.1, -0.05) is 18.5 Å². The van der Waals surface area contributed by atoms with Gasteiger partial charge in [-0.05, 0) is 43.0 Å². The van der Waals surface area contributed by atoms with E-state index in [1.807, 2.05) is 6.92 Å². The van der Waals surface area contributed by atoms with E-state index in [9.17, 15) is 8.78 Å². The fourth-order valence-electron chi connectivity index (χ4n) is 1.96. The predicted octanol–water partition coefficient (Wildman–Crippen LogP) is 3.68. The Morgan fingerprint density at radius 2 is 2.00 bits per heavy atom. The van der Waals surface area contributed by atoms with Crippen LogP contribution >= 0.6 is 11.6 Å². The smallest absolute Gasteiger partial charge is 0.160 e. The van der Waals surface area contributed by atoms with Crippen molar-refractivity contribution in [3.63, 3.8) is 0 Å². The van der Waals surface area contributed by atoms with Gasteiger partial charge in [0.05, 0.1) is 0 Å². The van der Waals surface area contributed by atoms with Crippen LogP contribution in [0, 0.1) is 17.6 Å². The lowest BCUT2D eigenvalue weighted by Crippen LogP contribution is -2.23. The van der Waals surface area contributed by atoms with E-state index in [2.05, 4.69) is 5.32 Å². The maximum Gasteiger partial charge on any atom is 0.160 e. The second-order valence-electron chi connectivity index (χ2n) is 4.16. The molecule has 1 nitrogen and oxygen atoms in total. The highest BCUT2D eigenvalue weighted by Crippen LogP contribution is 2.43. The average Bonchev–Trinajstić information content (AvgIpc) is 3.04. The molecule has 0 saturated heterocycles. The minimum atomic E-state index is -0.889. The van der Waals surface area contributed by atoms with Crippen LogP contribution in [0.15, 0.2) is 12.1 Å². The zero-order valence-corrected chi connectivity index (χ0v) is 9.82. The molecule has 0 heterocycles. The van der Waals surface area contributed by atoms with Crippen LogP contribution in [-0.4, -0.2) is 6.54 Å². The van der Waals surface area contributed by atoms with E-state index in [0.29, 0.717) is 16.5 Å². The van der Waals surface area contributed by atoms with Crippen LogP contribution < -0.4 is 5.32 Å². The lowest BCUT2D eigenvalue weighted by molar-refractivity contribution is 0.478. The SMILES string of the molecule is CCNC(c1cc(F)c(F)cc1Cl)C1CC1. The minimum absolute atomic E-state index is 0.0487. The summed E-state index contributed by atoms with van der Waals surface area (Å²) in [4.78, 5) is 0. The molecule has 1 aliphatic rings. The summed E-state index contributed by atoms with van der Waals surface area (Å²) in [6.07, 6.45) is 2.24. The van der Waals surface area contributed by atoms with E-state index in [1.54, 1.807) is 0 Å². The molecule has 0 radical (unpaired) electrons. The molecule has 2 rings (SSSR count). The Kier molecular flexibility index (Phi) is 3.45. The molecular formula is C12H14ClF2N. The Hall–Kier alpha value is -0.670.